The summed E-state index contributed by atoms with van der Waals surface area (Å²) in [6.45, 7) is 0. The topological polar surface area (TPSA) is 52.5 Å². The molecule has 3 nitrogen and oxygen atoms in total. The number of nitrogens with one attached hydrogen (secondary N) is 1. The van der Waals surface area contributed by atoms with E-state index in [9.17, 15) is 0 Å². The van der Waals surface area contributed by atoms with Crippen LogP contribution in [0.1, 0.15) is 5.56 Å². The summed E-state index contributed by atoms with van der Waals surface area (Å²) in [5.74, 6) is 0. The number of para-hydroxylation sites is 3. The highest BCUT2D eigenvalue weighted by Gasteiger charge is 1.99. The molecule has 0 spiro atoms. The third kappa shape index (κ3) is 2.93. The van der Waals surface area contributed by atoms with Crippen LogP contribution in [0.5, 0.6) is 0 Å². The van der Waals surface area contributed by atoms with Crippen LogP contribution in [-0.4, -0.2) is 9.97 Å². The van der Waals surface area contributed by atoms with Gasteiger partial charge < -0.3 is 4.98 Å². The molecule has 2 heterocycles. The summed E-state index contributed by atoms with van der Waals surface area (Å²) < 4.78 is 0. The standard InChI is InChI=1S/C13H9N.C9H6N2/c1-3-7-12-10(5-1)9-11-6-2-4-8-13(11)14-12;10-5-7-6-11-9-4-2-1-3-8(7)9/h1-9H;1-4,6,11H. The van der Waals surface area contributed by atoms with E-state index in [0.717, 1.165) is 21.9 Å². The Bertz CT molecular complexity index is 1110. The first-order valence-corrected chi connectivity index (χ1v) is 8.06. The molecule has 0 fully saturated rings. The Morgan fingerprint density at radius 1 is 0.760 bits per heavy atom. The summed E-state index contributed by atoms with van der Waals surface area (Å²) in [6, 6.07) is 28.4. The second-order valence-electron chi connectivity index (χ2n) is 5.73. The van der Waals surface area contributed by atoms with E-state index in [0.29, 0.717) is 5.56 Å². The molecule has 0 atom stereocenters. The number of nitriles is 1. The fraction of sp³-hybridized carbons (Fsp3) is 0. The lowest BCUT2D eigenvalue weighted by atomic mass is 10.1. The van der Waals surface area contributed by atoms with Crippen molar-refractivity contribution in [1.82, 2.24) is 9.97 Å². The van der Waals surface area contributed by atoms with Crippen molar-refractivity contribution in [2.24, 2.45) is 0 Å². The SMILES string of the molecule is N#Cc1c[nH]c2ccccc12.c1ccc2nc3ccccc3cc2c1. The highest BCUT2D eigenvalue weighted by Crippen LogP contribution is 2.18. The average Bonchev–Trinajstić information content (AvgIpc) is 3.10. The highest BCUT2D eigenvalue weighted by molar-refractivity contribution is 5.92. The number of aromatic nitrogens is 2. The predicted molar refractivity (Wildman–Crippen MR) is 102 cm³/mol. The van der Waals surface area contributed by atoms with E-state index >= 15 is 0 Å². The van der Waals surface area contributed by atoms with Gasteiger partial charge in [0.15, 0.2) is 0 Å². The number of nitrogens with zero attached hydrogens (tertiary/aromatic N) is 2. The number of pyridine rings is 1. The van der Waals surface area contributed by atoms with E-state index in [1.807, 2.05) is 60.7 Å². The summed E-state index contributed by atoms with van der Waals surface area (Å²) in [5.41, 5.74) is 3.85. The van der Waals surface area contributed by atoms with E-state index in [1.165, 1.54) is 10.8 Å². The second kappa shape index (κ2) is 6.46. The van der Waals surface area contributed by atoms with Gasteiger partial charge in [-0.1, -0.05) is 54.6 Å². The van der Waals surface area contributed by atoms with E-state index in [4.69, 9.17) is 5.26 Å². The normalized spacial score (nSPS) is 10.4. The molecule has 0 aliphatic rings. The Kier molecular flexibility index (Phi) is 3.86. The highest BCUT2D eigenvalue weighted by atomic mass is 14.7. The minimum atomic E-state index is 0.709. The number of hydrogen-bond donors (Lipinski definition) is 1. The molecule has 0 saturated heterocycles. The maximum Gasteiger partial charge on any atom is 0.101 e. The van der Waals surface area contributed by atoms with Gasteiger partial charge in [-0.15, -0.1) is 0 Å². The summed E-state index contributed by atoms with van der Waals surface area (Å²) in [7, 11) is 0. The molecule has 3 aromatic carbocycles. The van der Waals surface area contributed by atoms with Crippen LogP contribution in [-0.2, 0) is 0 Å². The van der Waals surface area contributed by atoms with Crippen molar-refractivity contribution in [1.29, 1.82) is 5.26 Å². The van der Waals surface area contributed by atoms with Gasteiger partial charge in [0.05, 0.1) is 16.6 Å². The third-order valence-corrected chi connectivity index (χ3v) is 4.14. The Morgan fingerprint density at radius 2 is 1.36 bits per heavy atom. The number of benzene rings is 3. The zero-order chi connectivity index (χ0) is 17.1. The zero-order valence-electron chi connectivity index (χ0n) is 13.5. The fourth-order valence-electron chi connectivity index (χ4n) is 2.88. The number of fused-ring (bicyclic) bond motifs is 3. The number of rotatable bonds is 0. The lowest BCUT2D eigenvalue weighted by Gasteiger charge is -1.99. The second-order valence-corrected chi connectivity index (χ2v) is 5.73. The summed E-state index contributed by atoms with van der Waals surface area (Å²) in [5, 5.41) is 12.1. The first-order chi connectivity index (χ1) is 12.3. The van der Waals surface area contributed by atoms with E-state index in [2.05, 4.69) is 34.2 Å². The van der Waals surface area contributed by atoms with Crippen molar-refractivity contribution >= 4 is 32.7 Å². The van der Waals surface area contributed by atoms with Crippen LogP contribution in [0.4, 0.5) is 0 Å². The van der Waals surface area contributed by atoms with Gasteiger partial charge in [0.25, 0.3) is 0 Å². The molecule has 0 radical (unpaired) electrons. The number of hydrogen-bond acceptors (Lipinski definition) is 2. The zero-order valence-corrected chi connectivity index (χ0v) is 13.5. The smallest absolute Gasteiger partial charge is 0.101 e. The average molecular weight is 321 g/mol. The van der Waals surface area contributed by atoms with Crippen LogP contribution in [0.3, 0.4) is 0 Å². The summed E-state index contributed by atoms with van der Waals surface area (Å²) in [6.07, 6.45) is 1.73. The molecule has 25 heavy (non-hydrogen) atoms. The molecule has 0 aliphatic carbocycles. The predicted octanol–water partition coefficient (Wildman–Crippen LogP) is 5.43. The van der Waals surface area contributed by atoms with E-state index in [-0.39, 0.29) is 0 Å². The molecule has 0 amide bonds. The van der Waals surface area contributed by atoms with Crippen LogP contribution in [0.15, 0.2) is 85.1 Å². The number of H-pyrrole nitrogens is 1. The van der Waals surface area contributed by atoms with Gasteiger partial charge >= 0.3 is 0 Å². The Balaban J connectivity index is 0.000000129. The molecule has 0 bridgehead atoms. The Hall–Kier alpha value is -3.64. The molecule has 5 aromatic rings. The van der Waals surface area contributed by atoms with Crippen molar-refractivity contribution in [2.75, 3.05) is 0 Å². The largest absolute Gasteiger partial charge is 0.360 e. The molecule has 3 heteroatoms. The number of aromatic amines is 1. The first-order valence-electron chi connectivity index (χ1n) is 8.06. The quantitative estimate of drug-likeness (QED) is 0.387. The minimum absolute atomic E-state index is 0.709. The Labute approximate surface area is 145 Å². The molecule has 5 rings (SSSR count). The van der Waals surface area contributed by atoms with Crippen molar-refractivity contribution in [3.05, 3.63) is 90.6 Å². The summed E-state index contributed by atoms with van der Waals surface area (Å²) in [4.78, 5) is 7.59. The van der Waals surface area contributed by atoms with Gasteiger partial charge in [-0.3, -0.25) is 0 Å². The van der Waals surface area contributed by atoms with Gasteiger partial charge in [0.1, 0.15) is 6.07 Å². The van der Waals surface area contributed by atoms with Gasteiger partial charge in [0.2, 0.25) is 0 Å². The maximum absolute atomic E-state index is 8.65. The first kappa shape index (κ1) is 14.9. The minimum Gasteiger partial charge on any atom is -0.360 e. The van der Waals surface area contributed by atoms with Crippen LogP contribution >= 0.6 is 0 Å². The summed E-state index contributed by atoms with van der Waals surface area (Å²) >= 11 is 0. The Morgan fingerprint density at radius 3 is 2.04 bits per heavy atom. The van der Waals surface area contributed by atoms with Crippen LogP contribution in [0.25, 0.3) is 32.7 Å². The maximum atomic E-state index is 8.65. The molecular weight excluding hydrogens is 306 g/mol. The van der Waals surface area contributed by atoms with E-state index < -0.39 is 0 Å². The monoisotopic (exact) mass is 321 g/mol. The molecule has 118 valence electrons. The van der Waals surface area contributed by atoms with Crippen LogP contribution in [0, 0.1) is 11.3 Å². The molecule has 0 aliphatic heterocycles. The van der Waals surface area contributed by atoms with Crippen LogP contribution in [0.2, 0.25) is 0 Å². The van der Waals surface area contributed by atoms with Gasteiger partial charge in [-0.25, -0.2) is 4.98 Å². The van der Waals surface area contributed by atoms with Crippen molar-refractivity contribution in [2.45, 2.75) is 0 Å². The van der Waals surface area contributed by atoms with Crippen LogP contribution < -0.4 is 0 Å². The van der Waals surface area contributed by atoms with E-state index in [1.54, 1.807) is 6.20 Å². The molecule has 1 N–H and O–H groups in total. The molecule has 0 unspecified atom stereocenters. The molecule has 2 aromatic heterocycles. The van der Waals surface area contributed by atoms with Gasteiger partial charge in [-0.05, 0) is 24.3 Å². The van der Waals surface area contributed by atoms with Crippen molar-refractivity contribution in [3.63, 3.8) is 0 Å². The van der Waals surface area contributed by atoms with Crippen molar-refractivity contribution in [3.8, 4) is 6.07 Å². The fourth-order valence-corrected chi connectivity index (χ4v) is 2.88. The molecule has 0 saturated carbocycles. The third-order valence-electron chi connectivity index (χ3n) is 4.14. The lowest BCUT2D eigenvalue weighted by Crippen LogP contribution is -1.80. The molecular formula is C22H15N3. The van der Waals surface area contributed by atoms with Gasteiger partial charge in [-0.2, -0.15) is 5.26 Å². The van der Waals surface area contributed by atoms with Gasteiger partial charge in [0, 0.05) is 27.9 Å². The lowest BCUT2D eigenvalue weighted by molar-refractivity contribution is 1.45. The van der Waals surface area contributed by atoms with Crippen molar-refractivity contribution < 1.29 is 0 Å².